The maximum atomic E-state index is 14.4. The van der Waals surface area contributed by atoms with Gasteiger partial charge in [-0.15, -0.1) is 0 Å². The van der Waals surface area contributed by atoms with Crippen LogP contribution in [0.2, 0.25) is 0 Å². The number of hydrogen-bond donors (Lipinski definition) is 0. The molecule has 0 radical (unpaired) electrons. The van der Waals surface area contributed by atoms with Gasteiger partial charge in [0, 0.05) is 62.6 Å². The van der Waals surface area contributed by atoms with Gasteiger partial charge in [-0.05, 0) is 82.3 Å². The minimum Gasteiger partial charge on any atom is -0.494 e. The van der Waals surface area contributed by atoms with Gasteiger partial charge in [-0.25, -0.2) is 0 Å². The number of nitrogens with zero attached hydrogens (tertiary/aromatic N) is 4. The molecule has 0 atom stereocenters. The number of ether oxygens (including phenoxy) is 1. The summed E-state index contributed by atoms with van der Waals surface area (Å²) in [5.74, 6) is 1.17. The summed E-state index contributed by atoms with van der Waals surface area (Å²) >= 11 is 0. The van der Waals surface area contributed by atoms with Gasteiger partial charge >= 0.3 is 0 Å². The van der Waals surface area contributed by atoms with Gasteiger partial charge < -0.3 is 19.1 Å². The number of anilines is 1. The highest BCUT2D eigenvalue weighted by Gasteiger charge is 2.31. The molecule has 3 aromatic rings. The van der Waals surface area contributed by atoms with E-state index in [0.717, 1.165) is 78.7 Å². The van der Waals surface area contributed by atoms with Crippen LogP contribution in [0.5, 0.6) is 5.75 Å². The van der Waals surface area contributed by atoms with E-state index in [9.17, 15) is 9.59 Å². The van der Waals surface area contributed by atoms with Crippen LogP contribution in [0.1, 0.15) is 80.9 Å². The van der Waals surface area contributed by atoms with Gasteiger partial charge in [0.15, 0.2) is 0 Å². The number of rotatable bonds is 5. The van der Waals surface area contributed by atoms with Crippen molar-refractivity contribution in [1.82, 2.24) is 14.4 Å². The monoisotopic (exact) mass is 572 g/mol. The third-order valence-electron chi connectivity index (χ3n) is 9.22. The molecule has 1 aliphatic carbocycles. The van der Waals surface area contributed by atoms with Crippen molar-refractivity contribution in [2.24, 2.45) is 13.0 Å². The van der Waals surface area contributed by atoms with Crippen molar-refractivity contribution in [3.05, 3.63) is 59.3 Å². The minimum atomic E-state index is 0.00669. The summed E-state index contributed by atoms with van der Waals surface area (Å²) in [6, 6.07) is 14.6. The molecular weight excluding hydrogens is 524 g/mol. The Hall–Kier alpha value is -3.32. The predicted octanol–water partition coefficient (Wildman–Crippen LogP) is 6.56. The Morgan fingerprint density at radius 3 is 2.48 bits per heavy atom. The van der Waals surface area contributed by atoms with Crippen molar-refractivity contribution >= 4 is 28.4 Å². The molecule has 5 rings (SSSR count). The molecule has 0 spiro atoms. The number of amides is 2. The molecule has 42 heavy (non-hydrogen) atoms. The zero-order chi connectivity index (χ0) is 29.8. The number of para-hydroxylation sites is 1. The highest BCUT2D eigenvalue weighted by Crippen LogP contribution is 2.33. The van der Waals surface area contributed by atoms with Crippen molar-refractivity contribution in [3.8, 4) is 5.75 Å². The van der Waals surface area contributed by atoms with Crippen LogP contribution in [0.15, 0.2) is 42.5 Å². The number of carbonyl (C=O) groups is 2. The topological polar surface area (TPSA) is 58.0 Å². The maximum absolute atomic E-state index is 14.4. The lowest BCUT2D eigenvalue weighted by Crippen LogP contribution is -2.42. The molecule has 1 saturated carbocycles. The van der Waals surface area contributed by atoms with Gasteiger partial charge in [-0.2, -0.15) is 0 Å². The van der Waals surface area contributed by atoms with E-state index in [1.807, 2.05) is 47.7 Å². The van der Waals surface area contributed by atoms with Gasteiger partial charge in [0.25, 0.3) is 5.91 Å². The zero-order valence-corrected chi connectivity index (χ0v) is 26.2. The Morgan fingerprint density at radius 1 is 0.952 bits per heavy atom. The van der Waals surface area contributed by atoms with Crippen LogP contribution in [0.25, 0.3) is 10.9 Å². The molecule has 2 aromatic carbocycles. The van der Waals surface area contributed by atoms with Gasteiger partial charge in [0.2, 0.25) is 5.91 Å². The normalized spacial score (nSPS) is 17.8. The van der Waals surface area contributed by atoms with Crippen molar-refractivity contribution in [3.63, 3.8) is 0 Å². The van der Waals surface area contributed by atoms with Crippen molar-refractivity contribution in [1.29, 1.82) is 0 Å². The van der Waals surface area contributed by atoms with Crippen LogP contribution in [-0.4, -0.2) is 65.0 Å². The molecule has 0 saturated heterocycles. The summed E-state index contributed by atoms with van der Waals surface area (Å²) in [6.07, 6.45) is 6.35. The molecule has 7 nitrogen and oxygen atoms in total. The van der Waals surface area contributed by atoms with E-state index in [4.69, 9.17) is 4.74 Å². The van der Waals surface area contributed by atoms with Crippen molar-refractivity contribution in [2.45, 2.75) is 78.8 Å². The third kappa shape index (κ3) is 6.36. The first-order chi connectivity index (χ1) is 20.3. The van der Waals surface area contributed by atoms with Crippen molar-refractivity contribution < 1.29 is 14.3 Å². The van der Waals surface area contributed by atoms with Crippen LogP contribution in [0.3, 0.4) is 0 Å². The molecule has 1 fully saturated rings. The molecule has 1 aromatic heterocycles. The van der Waals surface area contributed by atoms with Crippen LogP contribution >= 0.6 is 0 Å². The van der Waals surface area contributed by atoms with E-state index in [0.29, 0.717) is 38.0 Å². The minimum absolute atomic E-state index is 0.00669. The molecule has 0 bridgehead atoms. The summed E-state index contributed by atoms with van der Waals surface area (Å²) in [5, 5.41) is 0.994. The molecule has 0 unspecified atom stereocenters. The smallest absolute Gasteiger partial charge is 0.270 e. The SMILES string of the molecule is CCOc1ccc2c(c1)cc(C(=O)N1CCN(C(C)C)CCCN(C(=O)C3CCCCC3)c3c(C)cccc3C1)n2C. The first-order valence-electron chi connectivity index (χ1n) is 15.9. The quantitative estimate of drug-likeness (QED) is 0.348. The summed E-state index contributed by atoms with van der Waals surface area (Å²) in [6.45, 7) is 12.6. The molecule has 226 valence electrons. The summed E-state index contributed by atoms with van der Waals surface area (Å²) in [5.41, 5.74) is 4.81. The number of aryl methyl sites for hydroxylation is 2. The van der Waals surface area contributed by atoms with E-state index >= 15 is 0 Å². The molecule has 0 N–H and O–H groups in total. The Bertz CT molecular complexity index is 1400. The lowest BCUT2D eigenvalue weighted by atomic mass is 9.87. The number of benzene rings is 2. The average Bonchev–Trinajstić information content (AvgIpc) is 3.29. The molecular formula is C35H48N4O3. The first-order valence-corrected chi connectivity index (χ1v) is 15.9. The molecule has 1 aliphatic heterocycles. The number of fused-ring (bicyclic) bond motifs is 2. The van der Waals surface area contributed by atoms with Gasteiger partial charge in [-0.1, -0.05) is 37.5 Å². The highest BCUT2D eigenvalue weighted by molar-refractivity contribution is 5.99. The third-order valence-corrected chi connectivity index (χ3v) is 9.22. The van der Waals surface area contributed by atoms with E-state index < -0.39 is 0 Å². The Balaban J connectivity index is 1.54. The second-order valence-corrected chi connectivity index (χ2v) is 12.4. The molecule has 7 heteroatoms. The fraction of sp³-hybridized carbons (Fsp3) is 0.543. The summed E-state index contributed by atoms with van der Waals surface area (Å²) in [4.78, 5) is 35.0. The number of hydrogen-bond acceptors (Lipinski definition) is 4. The second-order valence-electron chi connectivity index (χ2n) is 12.4. The van der Waals surface area contributed by atoms with Crippen LogP contribution in [0.4, 0.5) is 5.69 Å². The van der Waals surface area contributed by atoms with E-state index in [1.54, 1.807) is 0 Å². The summed E-state index contributed by atoms with van der Waals surface area (Å²) < 4.78 is 7.72. The standard InChI is InChI=1S/C35H48N4O3/c1-6-42-30-16-17-31-29(22-30)23-32(36(31)5)35(41)38-21-20-37(25(2)3)18-11-19-39(34(40)27-13-8-7-9-14-27)33-26(4)12-10-15-28(33)24-38/h10,12,15-17,22-23,25,27H,6-9,11,13-14,18-21,24H2,1-5H3. The van der Waals surface area contributed by atoms with E-state index in [-0.39, 0.29) is 17.7 Å². The lowest BCUT2D eigenvalue weighted by Gasteiger charge is -2.33. The van der Waals surface area contributed by atoms with Crippen molar-refractivity contribution in [2.75, 3.05) is 37.7 Å². The Labute approximate surface area is 251 Å². The number of aromatic nitrogens is 1. The molecule has 2 amide bonds. The fourth-order valence-corrected chi connectivity index (χ4v) is 6.85. The lowest BCUT2D eigenvalue weighted by molar-refractivity contribution is -0.123. The van der Waals surface area contributed by atoms with Crippen LogP contribution in [0, 0.1) is 12.8 Å². The number of carbonyl (C=O) groups excluding carboxylic acids is 2. The Kier molecular flexibility index (Phi) is 9.57. The van der Waals surface area contributed by atoms with Gasteiger partial charge in [0.1, 0.15) is 11.4 Å². The largest absolute Gasteiger partial charge is 0.494 e. The second kappa shape index (κ2) is 13.3. The summed E-state index contributed by atoms with van der Waals surface area (Å²) in [7, 11) is 1.96. The van der Waals surface area contributed by atoms with E-state index in [2.05, 4.69) is 48.8 Å². The Morgan fingerprint density at radius 2 is 1.74 bits per heavy atom. The maximum Gasteiger partial charge on any atom is 0.270 e. The molecule has 2 heterocycles. The molecule has 2 aliphatic rings. The average molecular weight is 573 g/mol. The predicted molar refractivity (Wildman–Crippen MR) is 170 cm³/mol. The first kappa shape index (κ1) is 30.1. The van der Waals surface area contributed by atoms with Crippen LogP contribution < -0.4 is 9.64 Å². The zero-order valence-electron chi connectivity index (χ0n) is 26.2. The van der Waals surface area contributed by atoms with E-state index in [1.165, 1.54) is 6.42 Å². The van der Waals surface area contributed by atoms with Gasteiger partial charge in [-0.3, -0.25) is 14.5 Å². The van der Waals surface area contributed by atoms with Gasteiger partial charge in [0.05, 0.1) is 12.3 Å². The highest BCUT2D eigenvalue weighted by atomic mass is 16.5. The van der Waals surface area contributed by atoms with Crippen LogP contribution in [-0.2, 0) is 18.4 Å². The fourth-order valence-electron chi connectivity index (χ4n) is 6.85.